The highest BCUT2D eigenvalue weighted by Gasteiger charge is 2.62. The second-order valence-corrected chi connectivity index (χ2v) is 7.60. The molecule has 2 aliphatic heterocycles. The van der Waals surface area contributed by atoms with Crippen LogP contribution >= 0.6 is 0 Å². The van der Waals surface area contributed by atoms with Crippen LogP contribution in [-0.4, -0.2) is 51.6 Å². The van der Waals surface area contributed by atoms with Gasteiger partial charge >= 0.3 is 5.97 Å². The summed E-state index contributed by atoms with van der Waals surface area (Å²) in [4.78, 5) is 11.8. The minimum absolute atomic E-state index is 0.276. The average molecular weight is 311 g/mol. The Morgan fingerprint density at radius 3 is 2.43 bits per heavy atom. The van der Waals surface area contributed by atoms with Crippen LogP contribution in [0.2, 0.25) is 0 Å². The Hall–Kier alpha value is -1.44. The lowest BCUT2D eigenvalue weighted by Gasteiger charge is -2.57. The number of ether oxygens (including phenoxy) is 2. The maximum atomic E-state index is 12.5. The van der Waals surface area contributed by atoms with Crippen LogP contribution < -0.4 is 0 Å². The topological polar surface area (TPSA) is 72.9 Å². The first-order valence-corrected chi connectivity index (χ1v) is 8.09. The van der Waals surface area contributed by atoms with Crippen LogP contribution in [0.15, 0.2) is 29.2 Å². The van der Waals surface area contributed by atoms with E-state index in [9.17, 15) is 13.2 Å². The fourth-order valence-electron chi connectivity index (χ4n) is 2.77. The molecular formula is C14H17NO5S. The van der Waals surface area contributed by atoms with E-state index in [2.05, 4.69) is 4.74 Å². The highest BCUT2D eigenvalue weighted by Crippen LogP contribution is 2.45. The number of nitrogens with zero attached hydrogens (tertiary/aromatic N) is 1. The van der Waals surface area contributed by atoms with E-state index in [1.165, 1.54) is 11.4 Å². The summed E-state index contributed by atoms with van der Waals surface area (Å²) in [6, 6.07) is 6.74. The molecule has 0 N–H and O–H groups in total. The van der Waals surface area contributed by atoms with Gasteiger partial charge in [-0.1, -0.05) is 17.7 Å². The first-order chi connectivity index (χ1) is 9.89. The molecule has 0 aliphatic carbocycles. The SMILES string of the molecule is COC(=O)[C@@H]1OCC12CN(S(=O)(=O)c1ccc(C)cc1)C2. The highest BCUT2D eigenvalue weighted by molar-refractivity contribution is 7.89. The summed E-state index contributed by atoms with van der Waals surface area (Å²) in [5.74, 6) is -0.436. The number of rotatable bonds is 3. The van der Waals surface area contributed by atoms with Gasteiger partial charge in [-0.3, -0.25) is 0 Å². The zero-order chi connectivity index (χ0) is 15.3. The molecule has 1 aromatic carbocycles. The molecule has 0 radical (unpaired) electrons. The third-order valence-corrected chi connectivity index (χ3v) is 5.96. The molecule has 2 heterocycles. The van der Waals surface area contributed by atoms with Crippen molar-refractivity contribution in [3.8, 4) is 0 Å². The highest BCUT2D eigenvalue weighted by atomic mass is 32.2. The number of methoxy groups -OCH3 is 1. The van der Waals surface area contributed by atoms with Gasteiger partial charge in [0.05, 0.1) is 24.0 Å². The summed E-state index contributed by atoms with van der Waals surface area (Å²) in [7, 11) is -2.19. The van der Waals surface area contributed by atoms with E-state index in [1.807, 2.05) is 6.92 Å². The number of esters is 1. The number of benzene rings is 1. The first kappa shape index (κ1) is 14.5. The second kappa shape index (κ2) is 4.79. The number of hydrogen-bond acceptors (Lipinski definition) is 5. The molecule has 1 spiro atoms. The Morgan fingerprint density at radius 1 is 1.33 bits per heavy atom. The Kier molecular flexibility index (Phi) is 3.31. The minimum atomic E-state index is -3.50. The first-order valence-electron chi connectivity index (χ1n) is 6.65. The summed E-state index contributed by atoms with van der Waals surface area (Å²) >= 11 is 0. The molecule has 7 heteroatoms. The number of aryl methyl sites for hydroxylation is 1. The average Bonchev–Trinajstić information content (AvgIpc) is 2.36. The van der Waals surface area contributed by atoms with Crippen molar-refractivity contribution >= 4 is 16.0 Å². The van der Waals surface area contributed by atoms with Gasteiger partial charge < -0.3 is 9.47 Å². The van der Waals surface area contributed by atoms with Crippen molar-refractivity contribution < 1.29 is 22.7 Å². The second-order valence-electron chi connectivity index (χ2n) is 5.66. The molecule has 0 saturated carbocycles. The fraction of sp³-hybridized carbons (Fsp3) is 0.500. The van der Waals surface area contributed by atoms with Crippen molar-refractivity contribution in [1.82, 2.24) is 4.31 Å². The molecule has 1 aromatic rings. The van der Waals surface area contributed by atoms with Crippen molar-refractivity contribution in [1.29, 1.82) is 0 Å². The molecule has 6 nitrogen and oxygen atoms in total. The van der Waals surface area contributed by atoms with Crippen LogP contribution in [0.1, 0.15) is 5.56 Å². The zero-order valence-electron chi connectivity index (χ0n) is 11.9. The van der Waals surface area contributed by atoms with Gasteiger partial charge in [0.25, 0.3) is 0 Å². The molecule has 1 atom stereocenters. The van der Waals surface area contributed by atoms with Gasteiger partial charge in [0.15, 0.2) is 6.10 Å². The number of sulfonamides is 1. The standard InChI is InChI=1S/C14H17NO5S/c1-10-3-5-11(6-4-10)21(17,18)15-7-14(8-15)9-20-12(14)13(16)19-2/h3-6,12H,7-9H2,1-2H3/t12-/m0/s1. The van der Waals surface area contributed by atoms with Crippen LogP contribution in [0.25, 0.3) is 0 Å². The van der Waals surface area contributed by atoms with E-state index in [1.54, 1.807) is 24.3 Å². The molecule has 2 fully saturated rings. The molecule has 0 amide bonds. The van der Waals surface area contributed by atoms with Crippen molar-refractivity contribution in [2.24, 2.45) is 5.41 Å². The predicted octanol–water partition coefficient (Wildman–Crippen LogP) is 0.558. The summed E-state index contributed by atoms with van der Waals surface area (Å²) in [5.41, 5.74) is 0.595. The quantitative estimate of drug-likeness (QED) is 0.763. The Bertz CT molecular complexity index is 661. The van der Waals surface area contributed by atoms with Crippen LogP contribution in [0.4, 0.5) is 0 Å². The summed E-state index contributed by atoms with van der Waals surface area (Å²) in [5, 5.41) is 0. The van der Waals surface area contributed by atoms with Crippen molar-refractivity contribution in [2.45, 2.75) is 17.9 Å². The molecule has 21 heavy (non-hydrogen) atoms. The van der Waals surface area contributed by atoms with Crippen molar-refractivity contribution in [2.75, 3.05) is 26.8 Å². The Balaban J connectivity index is 1.74. The van der Waals surface area contributed by atoms with Crippen LogP contribution in [0, 0.1) is 12.3 Å². The summed E-state index contributed by atoms with van der Waals surface area (Å²) < 4.78 is 36.2. The normalized spacial score (nSPS) is 24.2. The third kappa shape index (κ3) is 2.16. The zero-order valence-corrected chi connectivity index (χ0v) is 12.7. The molecule has 0 aromatic heterocycles. The number of carbonyl (C=O) groups excluding carboxylic acids is 1. The van der Waals surface area contributed by atoms with E-state index < -0.39 is 27.5 Å². The van der Waals surface area contributed by atoms with E-state index in [-0.39, 0.29) is 4.90 Å². The molecule has 0 bridgehead atoms. The lowest BCUT2D eigenvalue weighted by Crippen LogP contribution is -2.73. The number of hydrogen-bond donors (Lipinski definition) is 0. The number of carbonyl (C=O) groups is 1. The van der Waals surface area contributed by atoms with E-state index in [0.29, 0.717) is 19.7 Å². The Labute approximate surface area is 123 Å². The molecule has 2 aliphatic rings. The molecule has 0 unspecified atom stereocenters. The molecule has 114 valence electrons. The monoisotopic (exact) mass is 311 g/mol. The molecule has 3 rings (SSSR count). The van der Waals surface area contributed by atoms with Gasteiger partial charge in [0.1, 0.15) is 0 Å². The van der Waals surface area contributed by atoms with Gasteiger partial charge in [0, 0.05) is 13.1 Å². The maximum absolute atomic E-state index is 12.5. The summed E-state index contributed by atoms with van der Waals surface area (Å²) in [6.07, 6.45) is -0.646. The minimum Gasteiger partial charge on any atom is -0.467 e. The van der Waals surface area contributed by atoms with Gasteiger partial charge in [-0.2, -0.15) is 4.31 Å². The van der Waals surface area contributed by atoms with E-state index in [4.69, 9.17) is 4.74 Å². The van der Waals surface area contributed by atoms with Crippen LogP contribution in [-0.2, 0) is 24.3 Å². The van der Waals surface area contributed by atoms with Gasteiger partial charge in [-0.25, -0.2) is 13.2 Å². The van der Waals surface area contributed by atoms with Crippen molar-refractivity contribution in [3.05, 3.63) is 29.8 Å². The fourth-order valence-corrected chi connectivity index (χ4v) is 4.40. The van der Waals surface area contributed by atoms with Gasteiger partial charge in [0.2, 0.25) is 10.0 Å². The largest absolute Gasteiger partial charge is 0.467 e. The maximum Gasteiger partial charge on any atom is 0.335 e. The van der Waals surface area contributed by atoms with Gasteiger partial charge in [-0.15, -0.1) is 0 Å². The predicted molar refractivity (Wildman–Crippen MR) is 74.1 cm³/mol. The summed E-state index contributed by atoms with van der Waals surface area (Å²) in [6.45, 7) is 2.89. The Morgan fingerprint density at radius 2 is 1.95 bits per heavy atom. The van der Waals surface area contributed by atoms with E-state index >= 15 is 0 Å². The van der Waals surface area contributed by atoms with Crippen LogP contribution in [0.5, 0.6) is 0 Å². The van der Waals surface area contributed by atoms with Crippen molar-refractivity contribution in [3.63, 3.8) is 0 Å². The molecular weight excluding hydrogens is 294 g/mol. The van der Waals surface area contributed by atoms with Crippen LogP contribution in [0.3, 0.4) is 0 Å². The van der Waals surface area contributed by atoms with Gasteiger partial charge in [-0.05, 0) is 19.1 Å². The molecule has 2 saturated heterocycles. The van der Waals surface area contributed by atoms with E-state index in [0.717, 1.165) is 5.56 Å². The lowest BCUT2D eigenvalue weighted by atomic mass is 9.73. The smallest absolute Gasteiger partial charge is 0.335 e. The third-order valence-electron chi connectivity index (χ3n) is 4.15. The lowest BCUT2D eigenvalue weighted by molar-refractivity contribution is -0.238.